The van der Waals surface area contributed by atoms with Crippen LogP contribution in [-0.2, 0) is 4.74 Å². The normalized spacial score (nSPS) is 16.8. The summed E-state index contributed by atoms with van der Waals surface area (Å²) in [4.78, 5) is 35.0. The first-order valence-electron chi connectivity index (χ1n) is 9.10. The maximum absolute atomic E-state index is 12.5. The molecule has 0 spiro atoms. The zero-order valence-corrected chi connectivity index (χ0v) is 16.2. The average Bonchev–Trinajstić information content (AvgIpc) is 3.18. The van der Waals surface area contributed by atoms with Gasteiger partial charge in [-0.25, -0.2) is 9.78 Å². The minimum atomic E-state index is -0.474. The smallest absolute Gasteiger partial charge is 0.339 e. The molecular formula is C20H20N4O3S. The van der Waals surface area contributed by atoms with Crippen molar-refractivity contribution in [2.45, 2.75) is 18.9 Å². The molecular weight excluding hydrogens is 376 g/mol. The van der Waals surface area contributed by atoms with Crippen molar-refractivity contribution >= 4 is 38.6 Å². The lowest BCUT2D eigenvalue weighted by Crippen LogP contribution is -2.48. The number of hydrogen-bond donors (Lipinski definition) is 1. The lowest BCUT2D eigenvalue weighted by Gasteiger charge is -2.32. The van der Waals surface area contributed by atoms with Crippen LogP contribution in [0.25, 0.3) is 10.2 Å². The summed E-state index contributed by atoms with van der Waals surface area (Å²) in [5, 5.41) is 4.04. The highest BCUT2D eigenvalue weighted by Gasteiger charge is 2.24. The molecule has 0 saturated carbocycles. The van der Waals surface area contributed by atoms with E-state index in [0.717, 1.165) is 30.0 Å². The van der Waals surface area contributed by atoms with Crippen LogP contribution in [0.15, 0.2) is 42.6 Å². The first-order valence-corrected chi connectivity index (χ1v) is 9.91. The molecule has 8 heteroatoms. The van der Waals surface area contributed by atoms with E-state index in [1.807, 2.05) is 18.2 Å². The number of anilines is 1. The topological polar surface area (TPSA) is 84.4 Å². The average molecular weight is 396 g/mol. The quantitative estimate of drug-likeness (QED) is 0.683. The second-order valence-electron chi connectivity index (χ2n) is 6.65. The Labute approximate surface area is 166 Å². The van der Waals surface area contributed by atoms with Crippen LogP contribution >= 0.6 is 11.3 Å². The second kappa shape index (κ2) is 7.93. The molecule has 1 N–H and O–H groups in total. The van der Waals surface area contributed by atoms with Crippen molar-refractivity contribution in [3.63, 3.8) is 0 Å². The molecule has 4 rings (SSSR count). The number of carbonyl (C=O) groups is 2. The van der Waals surface area contributed by atoms with Crippen LogP contribution < -0.4 is 10.2 Å². The second-order valence-corrected chi connectivity index (χ2v) is 7.66. The first kappa shape index (κ1) is 18.4. The monoisotopic (exact) mass is 396 g/mol. The SMILES string of the molecule is COC(=O)c1ccc(C(=O)N[C@H]2CCCN(c3nc4ccccc4s3)C2)nc1. The Hall–Kier alpha value is -3.00. The first-order chi connectivity index (χ1) is 13.6. The molecule has 0 aliphatic carbocycles. The molecule has 144 valence electrons. The number of esters is 1. The predicted octanol–water partition coefficient (Wildman–Crippen LogP) is 2.88. The number of nitrogens with one attached hydrogen (secondary N) is 1. The molecule has 3 heterocycles. The molecule has 1 fully saturated rings. The lowest BCUT2D eigenvalue weighted by molar-refractivity contribution is 0.0599. The van der Waals surface area contributed by atoms with Crippen molar-refractivity contribution in [1.29, 1.82) is 0 Å². The number of para-hydroxylation sites is 1. The number of thiazole rings is 1. The fraction of sp³-hybridized carbons (Fsp3) is 0.300. The summed E-state index contributed by atoms with van der Waals surface area (Å²) in [6.07, 6.45) is 3.25. The largest absolute Gasteiger partial charge is 0.465 e. The van der Waals surface area contributed by atoms with E-state index in [1.165, 1.54) is 24.1 Å². The fourth-order valence-corrected chi connectivity index (χ4v) is 4.29. The van der Waals surface area contributed by atoms with Gasteiger partial charge in [-0.15, -0.1) is 0 Å². The van der Waals surface area contributed by atoms with Crippen LogP contribution in [0.4, 0.5) is 5.13 Å². The number of ether oxygens (including phenoxy) is 1. The van der Waals surface area contributed by atoms with Crippen LogP contribution in [0.5, 0.6) is 0 Å². The number of nitrogens with zero attached hydrogens (tertiary/aromatic N) is 3. The third-order valence-corrected chi connectivity index (χ3v) is 5.82. The highest BCUT2D eigenvalue weighted by atomic mass is 32.1. The molecule has 3 aromatic rings. The van der Waals surface area contributed by atoms with Crippen LogP contribution in [-0.4, -0.2) is 48.1 Å². The van der Waals surface area contributed by atoms with Crippen molar-refractivity contribution in [3.05, 3.63) is 53.9 Å². The van der Waals surface area contributed by atoms with Gasteiger partial charge in [0.1, 0.15) is 5.69 Å². The van der Waals surface area contributed by atoms with Gasteiger partial charge in [-0.05, 0) is 37.1 Å². The number of hydrogen-bond acceptors (Lipinski definition) is 7. The molecule has 0 unspecified atom stereocenters. The Morgan fingerprint density at radius 3 is 2.86 bits per heavy atom. The van der Waals surface area contributed by atoms with Crippen LogP contribution in [0.3, 0.4) is 0 Å². The highest BCUT2D eigenvalue weighted by Crippen LogP contribution is 2.30. The molecule has 28 heavy (non-hydrogen) atoms. The Morgan fingerprint density at radius 1 is 1.25 bits per heavy atom. The van der Waals surface area contributed by atoms with Crippen molar-refractivity contribution < 1.29 is 14.3 Å². The molecule has 7 nitrogen and oxygen atoms in total. The van der Waals surface area contributed by atoms with Crippen molar-refractivity contribution in [2.24, 2.45) is 0 Å². The number of piperidine rings is 1. The van der Waals surface area contributed by atoms with Gasteiger partial charge in [-0.3, -0.25) is 9.78 Å². The van der Waals surface area contributed by atoms with Crippen molar-refractivity contribution in [1.82, 2.24) is 15.3 Å². The molecule has 1 aliphatic heterocycles. The molecule has 1 saturated heterocycles. The van der Waals surface area contributed by atoms with Gasteiger partial charge in [0.2, 0.25) is 0 Å². The van der Waals surface area contributed by atoms with Crippen LogP contribution in [0.1, 0.15) is 33.7 Å². The number of rotatable bonds is 4. The number of aromatic nitrogens is 2. The Balaban J connectivity index is 1.41. The van der Waals surface area contributed by atoms with E-state index >= 15 is 0 Å². The van der Waals surface area contributed by atoms with Gasteiger partial charge in [-0.2, -0.15) is 0 Å². The standard InChI is InChI=1S/C20H20N4O3S/c1-27-19(26)13-8-9-16(21-11-13)18(25)22-14-5-4-10-24(12-14)20-23-15-6-2-3-7-17(15)28-20/h2-3,6-9,11,14H,4-5,10,12H2,1H3,(H,22,25)/t14-/m0/s1. The summed E-state index contributed by atoms with van der Waals surface area (Å²) in [5.41, 5.74) is 1.60. The zero-order chi connectivity index (χ0) is 19.5. The van der Waals surface area contributed by atoms with Crippen molar-refractivity contribution in [3.8, 4) is 0 Å². The van der Waals surface area contributed by atoms with E-state index in [0.29, 0.717) is 12.1 Å². The zero-order valence-electron chi connectivity index (χ0n) is 15.4. The van der Waals surface area contributed by atoms with E-state index in [2.05, 4.69) is 26.0 Å². The fourth-order valence-electron chi connectivity index (χ4n) is 3.29. The maximum Gasteiger partial charge on any atom is 0.339 e. The van der Waals surface area contributed by atoms with E-state index in [1.54, 1.807) is 17.4 Å². The highest BCUT2D eigenvalue weighted by molar-refractivity contribution is 7.22. The van der Waals surface area contributed by atoms with E-state index < -0.39 is 5.97 Å². The van der Waals surface area contributed by atoms with E-state index in [-0.39, 0.29) is 17.6 Å². The third-order valence-electron chi connectivity index (χ3n) is 4.73. The van der Waals surface area contributed by atoms with E-state index in [9.17, 15) is 9.59 Å². The molecule has 1 aromatic carbocycles. The van der Waals surface area contributed by atoms with Crippen LogP contribution in [0, 0.1) is 0 Å². The summed E-state index contributed by atoms with van der Waals surface area (Å²) in [6, 6.07) is 11.2. The van der Waals surface area contributed by atoms with Gasteiger partial charge in [0.15, 0.2) is 5.13 Å². The Kier molecular flexibility index (Phi) is 5.21. The number of carbonyl (C=O) groups excluding carboxylic acids is 2. The summed E-state index contributed by atoms with van der Waals surface area (Å²) in [5.74, 6) is -0.717. The minimum Gasteiger partial charge on any atom is -0.465 e. The van der Waals surface area contributed by atoms with Gasteiger partial charge in [-0.1, -0.05) is 23.5 Å². The summed E-state index contributed by atoms with van der Waals surface area (Å²) in [6.45, 7) is 1.64. The van der Waals surface area contributed by atoms with E-state index in [4.69, 9.17) is 4.98 Å². The van der Waals surface area contributed by atoms with Crippen LogP contribution in [0.2, 0.25) is 0 Å². The third kappa shape index (κ3) is 3.82. The number of fused-ring (bicyclic) bond motifs is 1. The maximum atomic E-state index is 12.5. The van der Waals surface area contributed by atoms with Gasteiger partial charge >= 0.3 is 5.97 Å². The molecule has 0 bridgehead atoms. The number of pyridine rings is 1. The van der Waals surface area contributed by atoms with Crippen molar-refractivity contribution in [2.75, 3.05) is 25.1 Å². The molecule has 2 aromatic heterocycles. The lowest BCUT2D eigenvalue weighted by atomic mass is 10.1. The molecule has 1 amide bonds. The number of amides is 1. The van der Waals surface area contributed by atoms with Gasteiger partial charge in [0.05, 0.1) is 22.9 Å². The molecule has 1 atom stereocenters. The summed E-state index contributed by atoms with van der Waals surface area (Å²) in [7, 11) is 1.31. The number of methoxy groups -OCH3 is 1. The number of benzene rings is 1. The molecule has 0 radical (unpaired) electrons. The van der Waals surface area contributed by atoms with Gasteiger partial charge in [0.25, 0.3) is 5.91 Å². The summed E-state index contributed by atoms with van der Waals surface area (Å²) < 4.78 is 5.81. The predicted molar refractivity (Wildman–Crippen MR) is 108 cm³/mol. The minimum absolute atomic E-state index is 0.0235. The van der Waals surface area contributed by atoms with Gasteiger partial charge < -0.3 is 15.0 Å². The van der Waals surface area contributed by atoms with Gasteiger partial charge in [0, 0.05) is 25.3 Å². The Morgan fingerprint density at radius 2 is 2.11 bits per heavy atom. The summed E-state index contributed by atoms with van der Waals surface area (Å²) >= 11 is 1.67. The molecule has 1 aliphatic rings. The Bertz CT molecular complexity index is 969.